The lowest BCUT2D eigenvalue weighted by Gasteiger charge is -2.11. The van der Waals surface area contributed by atoms with Gasteiger partial charge in [-0.15, -0.1) is 10.2 Å². The summed E-state index contributed by atoms with van der Waals surface area (Å²) in [5.41, 5.74) is 1.20. The molecule has 0 saturated heterocycles. The van der Waals surface area contributed by atoms with Gasteiger partial charge in [0.25, 0.3) is 5.69 Å². The Morgan fingerprint density at radius 2 is 1.85 bits per heavy atom. The van der Waals surface area contributed by atoms with Crippen LogP contribution in [0.25, 0.3) is 17.1 Å². The van der Waals surface area contributed by atoms with Crippen LogP contribution in [0.5, 0.6) is 5.75 Å². The number of rotatable bonds is 8. The molecule has 34 heavy (non-hydrogen) atoms. The van der Waals surface area contributed by atoms with Crippen LogP contribution in [0, 0.1) is 15.9 Å². The molecule has 3 aromatic carbocycles. The molecule has 1 heterocycles. The monoisotopic (exact) mass is 479 g/mol. The molecule has 0 unspecified atom stereocenters. The van der Waals surface area contributed by atoms with Gasteiger partial charge in [0.05, 0.1) is 23.9 Å². The summed E-state index contributed by atoms with van der Waals surface area (Å²) in [6.45, 7) is 0. The van der Waals surface area contributed by atoms with Crippen molar-refractivity contribution in [2.75, 3.05) is 18.2 Å². The van der Waals surface area contributed by atoms with Gasteiger partial charge in [-0.1, -0.05) is 42.1 Å². The fraction of sp³-hybridized carbons (Fsp3) is 0.0870. The Kier molecular flexibility index (Phi) is 6.83. The molecule has 1 aromatic heterocycles. The van der Waals surface area contributed by atoms with Gasteiger partial charge in [0.2, 0.25) is 5.91 Å². The molecule has 0 atom stereocenters. The van der Waals surface area contributed by atoms with Crippen LogP contribution in [-0.2, 0) is 4.79 Å². The Morgan fingerprint density at radius 3 is 2.53 bits per heavy atom. The number of benzene rings is 3. The van der Waals surface area contributed by atoms with Crippen LogP contribution in [-0.4, -0.2) is 38.5 Å². The molecule has 4 aromatic rings. The Hall–Kier alpha value is -4.25. The van der Waals surface area contributed by atoms with Crippen molar-refractivity contribution >= 4 is 29.0 Å². The maximum Gasteiger partial charge on any atom is 0.296 e. The number of carbonyl (C=O) groups is 1. The molecule has 0 spiro atoms. The smallest absolute Gasteiger partial charge is 0.296 e. The minimum Gasteiger partial charge on any atom is -0.496 e. The SMILES string of the molecule is COc1ccc(NC(=O)CSc2nnc(-c3ccccc3)n2-c2ccc(F)cc2)c([N+](=O)[O-])c1. The molecule has 1 amide bonds. The summed E-state index contributed by atoms with van der Waals surface area (Å²) < 4.78 is 20.2. The van der Waals surface area contributed by atoms with E-state index in [2.05, 4.69) is 15.5 Å². The fourth-order valence-electron chi connectivity index (χ4n) is 3.17. The van der Waals surface area contributed by atoms with E-state index >= 15 is 0 Å². The molecule has 0 aliphatic rings. The number of nitrogens with zero attached hydrogens (tertiary/aromatic N) is 4. The molecule has 0 saturated carbocycles. The van der Waals surface area contributed by atoms with Crippen LogP contribution in [0.2, 0.25) is 0 Å². The third-order valence-corrected chi connectivity index (χ3v) is 5.69. The third kappa shape index (κ3) is 5.04. The van der Waals surface area contributed by atoms with Gasteiger partial charge in [-0.25, -0.2) is 4.39 Å². The quantitative estimate of drug-likeness (QED) is 0.221. The van der Waals surface area contributed by atoms with Crippen molar-refractivity contribution < 1.29 is 18.8 Å². The number of carbonyl (C=O) groups excluding carboxylic acids is 1. The number of hydrogen-bond donors (Lipinski definition) is 1. The minimum absolute atomic E-state index is 0.0568. The van der Waals surface area contributed by atoms with Crippen molar-refractivity contribution in [2.45, 2.75) is 5.16 Å². The average molecular weight is 479 g/mol. The number of nitro groups is 1. The van der Waals surface area contributed by atoms with Gasteiger partial charge in [0.15, 0.2) is 11.0 Å². The van der Waals surface area contributed by atoms with Crippen molar-refractivity contribution in [2.24, 2.45) is 0 Å². The zero-order valence-corrected chi connectivity index (χ0v) is 18.7. The van der Waals surface area contributed by atoms with Gasteiger partial charge >= 0.3 is 0 Å². The van der Waals surface area contributed by atoms with E-state index in [4.69, 9.17) is 4.74 Å². The lowest BCUT2D eigenvalue weighted by molar-refractivity contribution is -0.384. The number of ether oxygens (including phenoxy) is 1. The molecule has 0 fully saturated rings. The molecular formula is C23H18FN5O4S. The van der Waals surface area contributed by atoms with Gasteiger partial charge in [-0.3, -0.25) is 19.5 Å². The van der Waals surface area contributed by atoms with E-state index in [1.54, 1.807) is 16.7 Å². The lowest BCUT2D eigenvalue weighted by Crippen LogP contribution is -2.15. The van der Waals surface area contributed by atoms with Gasteiger partial charge in [-0.05, 0) is 36.4 Å². The molecule has 0 aliphatic heterocycles. The summed E-state index contributed by atoms with van der Waals surface area (Å²) in [6.07, 6.45) is 0. The van der Waals surface area contributed by atoms with Crippen LogP contribution in [0.15, 0.2) is 78.0 Å². The second kappa shape index (κ2) is 10.1. The molecule has 9 nitrogen and oxygen atoms in total. The average Bonchev–Trinajstić information content (AvgIpc) is 3.28. The van der Waals surface area contributed by atoms with E-state index in [1.165, 1.54) is 37.4 Å². The summed E-state index contributed by atoms with van der Waals surface area (Å²) in [4.78, 5) is 23.4. The largest absolute Gasteiger partial charge is 0.496 e. The number of nitro benzene ring substituents is 1. The van der Waals surface area contributed by atoms with Crippen molar-refractivity contribution in [1.29, 1.82) is 0 Å². The summed E-state index contributed by atoms with van der Waals surface area (Å²) in [6, 6.07) is 19.3. The normalized spacial score (nSPS) is 10.6. The van der Waals surface area contributed by atoms with Crippen LogP contribution < -0.4 is 10.1 Å². The standard InChI is InChI=1S/C23H18FN5O4S/c1-33-18-11-12-19(20(13-18)29(31)32)25-21(30)14-34-23-27-26-22(15-5-3-2-4-6-15)28(23)17-9-7-16(24)8-10-17/h2-13H,14H2,1H3,(H,25,30). The molecule has 172 valence electrons. The summed E-state index contributed by atoms with van der Waals surface area (Å²) in [5, 5.41) is 22.8. The van der Waals surface area contributed by atoms with Crippen molar-refractivity contribution in [1.82, 2.24) is 14.8 Å². The van der Waals surface area contributed by atoms with Crippen LogP contribution in [0.1, 0.15) is 0 Å². The van der Waals surface area contributed by atoms with Crippen molar-refractivity contribution in [3.05, 3.63) is 88.7 Å². The van der Waals surface area contributed by atoms with E-state index in [9.17, 15) is 19.3 Å². The molecule has 11 heteroatoms. The van der Waals surface area contributed by atoms with E-state index < -0.39 is 10.8 Å². The number of anilines is 1. The van der Waals surface area contributed by atoms with Crippen molar-refractivity contribution in [3.8, 4) is 22.8 Å². The first kappa shape index (κ1) is 22.9. The van der Waals surface area contributed by atoms with E-state index in [0.717, 1.165) is 17.3 Å². The number of aromatic nitrogens is 3. The Balaban J connectivity index is 1.58. The van der Waals surface area contributed by atoms with Crippen LogP contribution in [0.4, 0.5) is 15.8 Å². The predicted molar refractivity (Wildman–Crippen MR) is 126 cm³/mol. The molecule has 0 aliphatic carbocycles. The van der Waals surface area contributed by atoms with Gasteiger partial charge in [0.1, 0.15) is 17.3 Å². The second-order valence-corrected chi connectivity index (χ2v) is 7.90. The Bertz CT molecular complexity index is 1330. The molecule has 0 bridgehead atoms. The minimum atomic E-state index is -0.595. The topological polar surface area (TPSA) is 112 Å². The van der Waals surface area contributed by atoms with E-state index in [-0.39, 0.29) is 22.9 Å². The zero-order chi connectivity index (χ0) is 24.1. The second-order valence-electron chi connectivity index (χ2n) is 6.96. The Labute approximate surface area is 197 Å². The van der Waals surface area contributed by atoms with Gasteiger partial charge in [0, 0.05) is 11.3 Å². The first-order valence-corrected chi connectivity index (χ1v) is 11.0. The highest BCUT2D eigenvalue weighted by Gasteiger charge is 2.20. The maximum atomic E-state index is 13.5. The van der Waals surface area contributed by atoms with Crippen LogP contribution >= 0.6 is 11.8 Å². The first-order valence-electron chi connectivity index (χ1n) is 9.98. The zero-order valence-electron chi connectivity index (χ0n) is 17.8. The molecule has 1 N–H and O–H groups in total. The summed E-state index contributed by atoms with van der Waals surface area (Å²) in [5.74, 6) is -0.0983. The highest BCUT2D eigenvalue weighted by Crippen LogP contribution is 2.30. The van der Waals surface area contributed by atoms with Crippen molar-refractivity contribution in [3.63, 3.8) is 0 Å². The third-order valence-electron chi connectivity index (χ3n) is 4.76. The van der Waals surface area contributed by atoms with E-state index in [1.807, 2.05) is 30.3 Å². The van der Waals surface area contributed by atoms with Crippen LogP contribution in [0.3, 0.4) is 0 Å². The predicted octanol–water partition coefficient (Wildman–Crippen LogP) is 4.72. The highest BCUT2D eigenvalue weighted by molar-refractivity contribution is 7.99. The number of hydrogen-bond acceptors (Lipinski definition) is 7. The summed E-state index contributed by atoms with van der Waals surface area (Å²) >= 11 is 1.10. The number of amides is 1. The maximum absolute atomic E-state index is 13.5. The Morgan fingerprint density at radius 1 is 1.12 bits per heavy atom. The highest BCUT2D eigenvalue weighted by atomic mass is 32.2. The van der Waals surface area contributed by atoms with Gasteiger partial charge < -0.3 is 10.1 Å². The molecular weight excluding hydrogens is 461 g/mol. The van der Waals surface area contributed by atoms with E-state index in [0.29, 0.717) is 22.4 Å². The lowest BCUT2D eigenvalue weighted by atomic mass is 10.2. The molecule has 4 rings (SSSR count). The number of methoxy groups -OCH3 is 1. The number of thioether (sulfide) groups is 1. The fourth-order valence-corrected chi connectivity index (χ4v) is 3.92. The van der Waals surface area contributed by atoms with Gasteiger partial charge in [-0.2, -0.15) is 0 Å². The number of nitrogens with one attached hydrogen (secondary N) is 1. The number of halogens is 1. The summed E-state index contributed by atoms with van der Waals surface area (Å²) in [7, 11) is 1.40. The molecule has 0 radical (unpaired) electrons. The first-order chi connectivity index (χ1) is 16.5.